The Morgan fingerprint density at radius 3 is 2.30 bits per heavy atom. The summed E-state index contributed by atoms with van der Waals surface area (Å²) in [5, 5.41) is 9.73. The molecule has 0 heterocycles. The molecule has 5 nitrogen and oxygen atoms in total. The number of sulfonamides is 1. The molecule has 2 bridgehead atoms. The van der Waals surface area contributed by atoms with E-state index in [-0.39, 0.29) is 24.3 Å². The van der Waals surface area contributed by atoms with Gasteiger partial charge in [-0.25, -0.2) is 13.1 Å². The number of nitrogens with one attached hydrogen (secondary N) is 1. The van der Waals surface area contributed by atoms with Crippen LogP contribution in [0.15, 0.2) is 41.8 Å². The lowest BCUT2D eigenvalue weighted by Crippen LogP contribution is -2.52. The van der Waals surface area contributed by atoms with Crippen LogP contribution in [0.25, 0.3) is 6.08 Å². The topological polar surface area (TPSA) is 83.5 Å². The highest BCUT2D eigenvalue weighted by Gasteiger charge is 2.44. The van der Waals surface area contributed by atoms with Gasteiger partial charge in [0.15, 0.2) is 0 Å². The van der Waals surface area contributed by atoms with Crippen LogP contribution < -0.4 is 4.72 Å². The Morgan fingerprint density at radius 2 is 1.70 bits per heavy atom. The second-order valence-corrected chi connectivity index (χ2v) is 10.5. The summed E-state index contributed by atoms with van der Waals surface area (Å²) in [6.45, 7) is 0. The van der Waals surface area contributed by atoms with Crippen molar-refractivity contribution < 1.29 is 31.5 Å². The first-order chi connectivity index (χ1) is 15.5. The van der Waals surface area contributed by atoms with Gasteiger partial charge in [-0.1, -0.05) is 24.3 Å². The SMILES string of the molecule is O=C(O)CCCC=CCC1C2CCC(CC2)C1NS(=O)(=O)C=Cc1ccc(C(F)(F)F)cc1. The van der Waals surface area contributed by atoms with E-state index in [1.807, 2.05) is 12.2 Å². The Kier molecular flexibility index (Phi) is 8.39. The molecule has 4 rings (SSSR count). The summed E-state index contributed by atoms with van der Waals surface area (Å²) in [7, 11) is -3.76. The summed E-state index contributed by atoms with van der Waals surface area (Å²) in [5.41, 5.74) is -0.405. The number of aliphatic carboxylic acids is 1. The summed E-state index contributed by atoms with van der Waals surface area (Å²) in [6.07, 6.45) is 7.15. The minimum Gasteiger partial charge on any atom is -0.481 e. The Balaban J connectivity index is 1.62. The Labute approximate surface area is 192 Å². The van der Waals surface area contributed by atoms with Crippen LogP contribution in [0, 0.1) is 17.8 Å². The molecule has 0 aromatic heterocycles. The van der Waals surface area contributed by atoms with E-state index in [2.05, 4.69) is 4.72 Å². The summed E-state index contributed by atoms with van der Waals surface area (Å²) >= 11 is 0. The monoisotopic (exact) mass is 485 g/mol. The highest BCUT2D eigenvalue weighted by atomic mass is 32.2. The Bertz CT molecular complexity index is 962. The molecule has 0 saturated heterocycles. The van der Waals surface area contributed by atoms with Gasteiger partial charge in [-0.2, -0.15) is 13.2 Å². The second-order valence-electron chi connectivity index (χ2n) is 8.94. The fourth-order valence-corrected chi connectivity index (χ4v) is 6.18. The molecule has 0 aliphatic heterocycles. The number of carbonyl (C=O) groups is 1. The van der Waals surface area contributed by atoms with E-state index in [1.54, 1.807) is 0 Å². The first-order valence-electron chi connectivity index (χ1n) is 11.3. The van der Waals surface area contributed by atoms with Crippen molar-refractivity contribution in [2.75, 3.05) is 0 Å². The third-order valence-corrected chi connectivity index (χ3v) is 7.80. The first-order valence-corrected chi connectivity index (χ1v) is 12.8. The molecule has 3 aliphatic carbocycles. The van der Waals surface area contributed by atoms with Gasteiger partial charge < -0.3 is 5.11 Å². The zero-order chi connectivity index (χ0) is 24.1. The van der Waals surface area contributed by atoms with Gasteiger partial charge in [-0.05, 0) is 86.5 Å². The van der Waals surface area contributed by atoms with Gasteiger partial charge in [-0.15, -0.1) is 0 Å². The van der Waals surface area contributed by atoms with E-state index in [0.29, 0.717) is 24.3 Å². The number of carboxylic acid groups (broad SMARTS) is 1. The van der Waals surface area contributed by atoms with Crippen molar-refractivity contribution in [2.24, 2.45) is 17.8 Å². The van der Waals surface area contributed by atoms with Crippen molar-refractivity contribution in [3.05, 3.63) is 53.0 Å². The number of benzene rings is 1. The van der Waals surface area contributed by atoms with E-state index in [9.17, 15) is 26.4 Å². The molecule has 0 amide bonds. The van der Waals surface area contributed by atoms with E-state index in [1.165, 1.54) is 18.2 Å². The van der Waals surface area contributed by atoms with Crippen LogP contribution in [0.4, 0.5) is 13.2 Å². The molecule has 33 heavy (non-hydrogen) atoms. The lowest BCUT2D eigenvalue weighted by atomic mass is 9.61. The molecule has 3 aliphatic rings. The predicted molar refractivity (Wildman–Crippen MR) is 121 cm³/mol. The highest BCUT2D eigenvalue weighted by Crippen LogP contribution is 2.47. The van der Waals surface area contributed by atoms with Crippen molar-refractivity contribution >= 4 is 22.1 Å². The average molecular weight is 486 g/mol. The number of fused-ring (bicyclic) bond motifs is 3. The van der Waals surface area contributed by atoms with Crippen molar-refractivity contribution in [1.82, 2.24) is 4.72 Å². The maximum atomic E-state index is 12.7. The molecule has 0 radical (unpaired) electrons. The smallest absolute Gasteiger partial charge is 0.416 e. The zero-order valence-corrected chi connectivity index (χ0v) is 19.1. The number of unbranched alkanes of at least 4 members (excludes halogenated alkanes) is 1. The molecule has 3 fully saturated rings. The molecule has 1 aromatic rings. The molecule has 2 N–H and O–H groups in total. The third-order valence-electron chi connectivity index (χ3n) is 6.71. The van der Waals surface area contributed by atoms with E-state index in [0.717, 1.165) is 49.6 Å². The maximum Gasteiger partial charge on any atom is 0.416 e. The van der Waals surface area contributed by atoms with Gasteiger partial charge in [0, 0.05) is 17.9 Å². The second kappa shape index (κ2) is 10.9. The molecule has 0 spiro atoms. The maximum absolute atomic E-state index is 12.7. The number of halogens is 3. The number of allylic oxidation sites excluding steroid dienone is 2. The normalized spacial score (nSPS) is 25.8. The molecule has 9 heteroatoms. The van der Waals surface area contributed by atoms with Crippen LogP contribution >= 0.6 is 0 Å². The minimum atomic E-state index is -4.43. The van der Waals surface area contributed by atoms with Crippen LogP contribution in [0.3, 0.4) is 0 Å². The standard InChI is InChI=1S/C24H30F3NO4S/c25-24(26,27)20-13-7-17(8-14-20)15-16-33(31,32)28-23-19-11-9-18(10-12-19)21(23)5-3-1-2-4-6-22(29)30/h1,3,7-8,13-16,18-19,21,23,28H,2,4-6,9-12H2,(H,29,30). The number of rotatable bonds is 10. The average Bonchev–Trinajstić information content (AvgIpc) is 2.76. The zero-order valence-electron chi connectivity index (χ0n) is 18.3. The molecule has 2 unspecified atom stereocenters. The number of hydrogen-bond donors (Lipinski definition) is 2. The summed E-state index contributed by atoms with van der Waals surface area (Å²) in [6, 6.07) is 4.17. The van der Waals surface area contributed by atoms with Crippen LogP contribution in [0.2, 0.25) is 0 Å². The molecular formula is C24H30F3NO4S. The van der Waals surface area contributed by atoms with Crippen LogP contribution in [-0.4, -0.2) is 25.5 Å². The number of hydrogen-bond acceptors (Lipinski definition) is 3. The van der Waals surface area contributed by atoms with Gasteiger partial charge in [0.2, 0.25) is 10.0 Å². The number of carboxylic acids is 1. The molecule has 1 aromatic carbocycles. The Morgan fingerprint density at radius 1 is 1.06 bits per heavy atom. The first kappa shape index (κ1) is 25.5. The van der Waals surface area contributed by atoms with Crippen molar-refractivity contribution in [3.8, 4) is 0 Å². The van der Waals surface area contributed by atoms with Crippen molar-refractivity contribution in [3.63, 3.8) is 0 Å². The van der Waals surface area contributed by atoms with Crippen molar-refractivity contribution in [2.45, 2.75) is 63.6 Å². The predicted octanol–water partition coefficient (Wildman–Crippen LogP) is 5.60. The molecular weight excluding hydrogens is 455 g/mol. The highest BCUT2D eigenvalue weighted by molar-refractivity contribution is 7.92. The molecule has 2 atom stereocenters. The summed E-state index contributed by atoms with van der Waals surface area (Å²) in [5.74, 6) is 0.0918. The lowest BCUT2D eigenvalue weighted by molar-refractivity contribution is -0.138. The van der Waals surface area contributed by atoms with Gasteiger partial charge in [0.25, 0.3) is 0 Å². The van der Waals surface area contributed by atoms with Gasteiger partial charge >= 0.3 is 12.1 Å². The summed E-state index contributed by atoms with van der Waals surface area (Å²) < 4.78 is 66.4. The molecule has 3 saturated carbocycles. The van der Waals surface area contributed by atoms with E-state index in [4.69, 9.17) is 5.11 Å². The van der Waals surface area contributed by atoms with Crippen molar-refractivity contribution in [1.29, 1.82) is 0 Å². The van der Waals surface area contributed by atoms with E-state index >= 15 is 0 Å². The fourth-order valence-electron chi connectivity index (χ4n) is 5.02. The van der Waals surface area contributed by atoms with Crippen LogP contribution in [-0.2, 0) is 21.0 Å². The van der Waals surface area contributed by atoms with Crippen LogP contribution in [0.5, 0.6) is 0 Å². The van der Waals surface area contributed by atoms with Gasteiger partial charge in [0.1, 0.15) is 0 Å². The third kappa shape index (κ3) is 7.43. The quantitative estimate of drug-likeness (QED) is 0.334. The van der Waals surface area contributed by atoms with Gasteiger partial charge in [0.05, 0.1) is 5.56 Å². The fraction of sp³-hybridized carbons (Fsp3) is 0.542. The van der Waals surface area contributed by atoms with E-state index < -0.39 is 27.7 Å². The lowest BCUT2D eigenvalue weighted by Gasteiger charge is -2.48. The Hall–Kier alpha value is -2.13. The number of alkyl halides is 3. The largest absolute Gasteiger partial charge is 0.481 e. The summed E-state index contributed by atoms with van der Waals surface area (Å²) in [4.78, 5) is 10.6. The minimum absolute atomic E-state index is 0.131. The molecule has 182 valence electrons. The van der Waals surface area contributed by atoms with Gasteiger partial charge in [-0.3, -0.25) is 4.79 Å². The van der Waals surface area contributed by atoms with Crippen LogP contribution in [0.1, 0.15) is 62.5 Å².